The Morgan fingerprint density at radius 1 is 0.963 bits per heavy atom. The van der Waals surface area contributed by atoms with Crippen molar-refractivity contribution in [1.82, 2.24) is 10.6 Å². The van der Waals surface area contributed by atoms with Crippen LogP contribution in [0.3, 0.4) is 0 Å². The van der Waals surface area contributed by atoms with Gasteiger partial charge >= 0.3 is 12.4 Å². The zero-order valence-electron chi connectivity index (χ0n) is 15.1. The molecule has 0 amide bonds. The maximum absolute atomic E-state index is 13.0. The predicted molar refractivity (Wildman–Crippen MR) is 92.9 cm³/mol. The van der Waals surface area contributed by atoms with E-state index in [0.717, 1.165) is 32.2 Å². The summed E-state index contributed by atoms with van der Waals surface area (Å²) in [4.78, 5) is 0. The molecule has 0 unspecified atom stereocenters. The van der Waals surface area contributed by atoms with Crippen molar-refractivity contribution in [3.8, 4) is 0 Å². The van der Waals surface area contributed by atoms with Crippen molar-refractivity contribution in [2.75, 3.05) is 13.1 Å². The summed E-state index contributed by atoms with van der Waals surface area (Å²) in [5, 5.41) is 6.31. The Labute approximate surface area is 155 Å². The van der Waals surface area contributed by atoms with Gasteiger partial charge in [0, 0.05) is 18.3 Å². The van der Waals surface area contributed by atoms with Crippen LogP contribution < -0.4 is 10.6 Å². The quantitative estimate of drug-likeness (QED) is 0.627. The largest absolute Gasteiger partial charge is 0.416 e. The van der Waals surface area contributed by atoms with Gasteiger partial charge in [-0.25, -0.2) is 0 Å². The molecule has 0 atom stereocenters. The smallest absolute Gasteiger partial charge is 0.385 e. The molecule has 0 saturated heterocycles. The zero-order valence-corrected chi connectivity index (χ0v) is 15.1. The zero-order chi connectivity index (χ0) is 20.2. The number of hydrogen-bond acceptors (Lipinski definition) is 2. The molecule has 8 heteroatoms. The average Bonchev–Trinajstić information content (AvgIpc) is 2.59. The van der Waals surface area contributed by atoms with Gasteiger partial charge in [0.2, 0.25) is 0 Å². The first-order chi connectivity index (χ1) is 12.5. The molecule has 1 fully saturated rings. The number of halogens is 6. The summed E-state index contributed by atoms with van der Waals surface area (Å²) in [6, 6.07) is 2.00. The molecule has 1 aromatic carbocycles. The summed E-state index contributed by atoms with van der Waals surface area (Å²) in [5.74, 6) is 0.324. The summed E-state index contributed by atoms with van der Waals surface area (Å²) in [5.41, 5.74) is -2.79. The Morgan fingerprint density at radius 2 is 1.48 bits per heavy atom. The van der Waals surface area contributed by atoms with Crippen LogP contribution in [0.2, 0.25) is 0 Å². The fourth-order valence-electron chi connectivity index (χ4n) is 3.36. The van der Waals surface area contributed by atoms with Crippen LogP contribution in [0.4, 0.5) is 26.3 Å². The summed E-state index contributed by atoms with van der Waals surface area (Å²) in [7, 11) is 0. The molecule has 152 valence electrons. The first kappa shape index (κ1) is 21.6. The fraction of sp³-hybridized carbons (Fsp3) is 0.579. The highest BCUT2D eigenvalue weighted by Crippen LogP contribution is 2.37. The number of rotatable bonds is 6. The maximum Gasteiger partial charge on any atom is 0.416 e. The standard InChI is InChI=1S/C19H24F6N2/c1-3-26-17-6-4-13(5-7-17)11-27-12(2)14-8-15(18(20,21)22)10-16(9-14)19(23,24)25/h8-10,13,17,26-27H,2-7,11H2,1H3. The lowest BCUT2D eigenvalue weighted by molar-refractivity contribution is -0.143. The van der Waals surface area contributed by atoms with Crippen LogP contribution >= 0.6 is 0 Å². The first-order valence-corrected chi connectivity index (χ1v) is 8.96. The third-order valence-electron chi connectivity index (χ3n) is 4.88. The Hall–Kier alpha value is -1.70. The molecule has 0 radical (unpaired) electrons. The van der Waals surface area contributed by atoms with E-state index in [1.165, 1.54) is 0 Å². The van der Waals surface area contributed by atoms with Gasteiger partial charge in [-0.1, -0.05) is 13.5 Å². The van der Waals surface area contributed by atoms with Gasteiger partial charge in [0.25, 0.3) is 0 Å². The fourth-order valence-corrected chi connectivity index (χ4v) is 3.36. The molecule has 0 aliphatic heterocycles. The minimum absolute atomic E-state index is 0.0698. The molecule has 0 bridgehead atoms. The van der Waals surface area contributed by atoms with E-state index in [2.05, 4.69) is 17.2 Å². The minimum Gasteiger partial charge on any atom is -0.385 e. The third-order valence-corrected chi connectivity index (χ3v) is 4.88. The molecule has 0 spiro atoms. The van der Waals surface area contributed by atoms with Crippen molar-refractivity contribution in [2.24, 2.45) is 5.92 Å². The van der Waals surface area contributed by atoms with Crippen molar-refractivity contribution >= 4 is 5.70 Å². The van der Waals surface area contributed by atoms with Crippen LogP contribution in [0.25, 0.3) is 5.70 Å². The van der Waals surface area contributed by atoms with Gasteiger partial charge in [-0.05, 0) is 61.9 Å². The normalized spacial score (nSPS) is 21.1. The number of nitrogens with one attached hydrogen (secondary N) is 2. The van der Waals surface area contributed by atoms with E-state index in [1.807, 2.05) is 6.92 Å². The van der Waals surface area contributed by atoms with Crippen molar-refractivity contribution in [2.45, 2.75) is 51.0 Å². The molecule has 1 saturated carbocycles. The molecule has 1 aliphatic carbocycles. The minimum atomic E-state index is -4.86. The maximum atomic E-state index is 13.0. The van der Waals surface area contributed by atoms with Crippen molar-refractivity contribution in [3.63, 3.8) is 0 Å². The summed E-state index contributed by atoms with van der Waals surface area (Å²) >= 11 is 0. The Morgan fingerprint density at radius 3 is 1.93 bits per heavy atom. The van der Waals surface area contributed by atoms with E-state index in [0.29, 0.717) is 30.6 Å². The Kier molecular flexibility index (Phi) is 6.83. The van der Waals surface area contributed by atoms with Gasteiger partial charge in [-0.2, -0.15) is 26.3 Å². The first-order valence-electron chi connectivity index (χ1n) is 8.96. The van der Waals surface area contributed by atoms with Crippen LogP contribution in [0, 0.1) is 5.92 Å². The average molecular weight is 394 g/mol. The van der Waals surface area contributed by atoms with E-state index in [-0.39, 0.29) is 17.3 Å². The summed E-state index contributed by atoms with van der Waals surface area (Å²) in [6.07, 6.45) is -5.80. The van der Waals surface area contributed by atoms with E-state index < -0.39 is 23.5 Å². The second-order valence-electron chi connectivity index (χ2n) is 6.93. The molecular formula is C19H24F6N2. The highest BCUT2D eigenvalue weighted by molar-refractivity contribution is 5.63. The predicted octanol–water partition coefficient (Wildman–Crippen LogP) is 5.45. The lowest BCUT2D eigenvalue weighted by Crippen LogP contribution is -2.35. The monoisotopic (exact) mass is 394 g/mol. The van der Waals surface area contributed by atoms with E-state index >= 15 is 0 Å². The third kappa shape index (κ3) is 6.16. The molecule has 1 aromatic rings. The van der Waals surface area contributed by atoms with Gasteiger partial charge in [-0.3, -0.25) is 0 Å². The van der Waals surface area contributed by atoms with E-state index in [4.69, 9.17) is 0 Å². The van der Waals surface area contributed by atoms with Crippen molar-refractivity contribution < 1.29 is 26.3 Å². The van der Waals surface area contributed by atoms with Crippen LogP contribution in [-0.2, 0) is 12.4 Å². The molecule has 2 rings (SSSR count). The summed E-state index contributed by atoms with van der Waals surface area (Å²) in [6.45, 7) is 7.07. The van der Waals surface area contributed by atoms with Crippen LogP contribution in [-0.4, -0.2) is 19.1 Å². The van der Waals surface area contributed by atoms with Gasteiger partial charge in [-0.15, -0.1) is 0 Å². The number of alkyl halides is 6. The molecule has 2 nitrogen and oxygen atoms in total. The van der Waals surface area contributed by atoms with Crippen molar-refractivity contribution in [3.05, 3.63) is 41.5 Å². The molecule has 27 heavy (non-hydrogen) atoms. The summed E-state index contributed by atoms with van der Waals surface area (Å²) < 4.78 is 77.7. The Bertz CT molecular complexity index is 610. The van der Waals surface area contributed by atoms with Gasteiger partial charge in [0.1, 0.15) is 0 Å². The number of benzene rings is 1. The SMILES string of the molecule is C=C(NCC1CCC(NCC)CC1)c1cc(C(F)(F)F)cc(C(F)(F)F)c1. The van der Waals surface area contributed by atoms with Crippen LogP contribution in [0.5, 0.6) is 0 Å². The molecule has 0 aromatic heterocycles. The lowest BCUT2D eigenvalue weighted by Gasteiger charge is -2.29. The van der Waals surface area contributed by atoms with Gasteiger partial charge < -0.3 is 10.6 Å². The molecular weight excluding hydrogens is 370 g/mol. The number of hydrogen-bond donors (Lipinski definition) is 2. The van der Waals surface area contributed by atoms with Crippen molar-refractivity contribution in [1.29, 1.82) is 0 Å². The second-order valence-corrected chi connectivity index (χ2v) is 6.93. The van der Waals surface area contributed by atoms with Crippen LogP contribution in [0.1, 0.15) is 49.3 Å². The molecule has 2 N–H and O–H groups in total. The van der Waals surface area contributed by atoms with Gasteiger partial charge in [0.05, 0.1) is 11.1 Å². The van der Waals surface area contributed by atoms with E-state index in [1.54, 1.807) is 0 Å². The Balaban J connectivity index is 2.05. The lowest BCUT2D eigenvalue weighted by atomic mass is 9.86. The molecule has 0 heterocycles. The second kappa shape index (κ2) is 8.54. The van der Waals surface area contributed by atoms with Gasteiger partial charge in [0.15, 0.2) is 0 Å². The molecule has 1 aliphatic rings. The van der Waals surface area contributed by atoms with E-state index in [9.17, 15) is 26.3 Å². The highest BCUT2D eigenvalue weighted by Gasteiger charge is 2.37. The topological polar surface area (TPSA) is 24.1 Å². The highest BCUT2D eigenvalue weighted by atomic mass is 19.4. The van der Waals surface area contributed by atoms with Crippen LogP contribution in [0.15, 0.2) is 24.8 Å².